The maximum absolute atomic E-state index is 12.7. The summed E-state index contributed by atoms with van der Waals surface area (Å²) in [5, 5.41) is 1.34. The van der Waals surface area contributed by atoms with Crippen molar-refractivity contribution in [1.29, 1.82) is 0 Å². The Labute approximate surface area is 72.8 Å². The Hall–Kier alpha value is -1.60. The topological polar surface area (TPSA) is 46.0 Å². The second-order valence-electron chi connectivity index (χ2n) is 2.23. The van der Waals surface area contributed by atoms with Crippen molar-refractivity contribution >= 4 is 0 Å². The van der Waals surface area contributed by atoms with Gasteiger partial charge in [0.25, 0.3) is 0 Å². The molecule has 8 heteroatoms. The highest BCUT2D eigenvalue weighted by molar-refractivity contribution is 5.18. The first-order valence-corrected chi connectivity index (χ1v) is 3.13. The van der Waals surface area contributed by atoms with Crippen LogP contribution in [0.5, 0.6) is 0 Å². The maximum atomic E-state index is 12.7. The number of hydrogen-bond donors (Lipinski definition) is 1. The van der Waals surface area contributed by atoms with E-state index in [1.54, 1.807) is 0 Å². The van der Waals surface area contributed by atoms with Gasteiger partial charge in [0.05, 0.1) is 6.07 Å². The van der Waals surface area contributed by atoms with Gasteiger partial charge < -0.3 is 4.52 Å². The average Bonchev–Trinajstić information content (AvgIpc) is 2.50. The van der Waals surface area contributed by atoms with E-state index in [1.165, 1.54) is 5.16 Å². The number of halogens is 5. The lowest BCUT2D eigenvalue weighted by Crippen LogP contribution is -2.15. The number of allylic oxidation sites excluding steroid dienone is 1. The van der Waals surface area contributed by atoms with Gasteiger partial charge in [-0.25, -0.2) is 9.95 Å². The van der Waals surface area contributed by atoms with Gasteiger partial charge in [0.15, 0.2) is 0 Å². The van der Waals surface area contributed by atoms with Crippen LogP contribution in [-0.2, 0) is 5.92 Å². The van der Waals surface area contributed by atoms with Crippen LogP contribution >= 0.6 is 0 Å². The van der Waals surface area contributed by atoms with Crippen molar-refractivity contribution in [1.82, 2.24) is 5.16 Å². The largest absolute Gasteiger partial charge is 0.357 e. The molecule has 1 aromatic rings. The fourth-order valence-corrected chi connectivity index (χ4v) is 0.674. The SMILES string of the molecule is O=c1cc(C(F)(F)C(F)=C(F)F)[nH]o1. The van der Waals surface area contributed by atoms with Gasteiger partial charge in [-0.15, -0.1) is 0 Å². The summed E-state index contributed by atoms with van der Waals surface area (Å²) in [6, 6.07) is 0.183. The minimum absolute atomic E-state index is 0.183. The number of H-pyrrole nitrogens is 1. The number of nitrogens with one attached hydrogen (secondary N) is 1. The highest BCUT2D eigenvalue weighted by atomic mass is 19.3. The first kappa shape index (κ1) is 10.5. The Balaban J connectivity index is 3.21. The maximum Gasteiger partial charge on any atom is 0.357 e. The number of aromatic amines is 1. The Morgan fingerprint density at radius 1 is 1.36 bits per heavy atom. The van der Waals surface area contributed by atoms with Crippen molar-refractivity contribution in [2.45, 2.75) is 5.92 Å². The van der Waals surface area contributed by atoms with E-state index in [-0.39, 0.29) is 6.07 Å². The highest BCUT2D eigenvalue weighted by Gasteiger charge is 2.43. The molecule has 1 rings (SSSR count). The molecule has 1 heterocycles. The molecule has 0 amide bonds. The first-order chi connectivity index (χ1) is 6.35. The van der Waals surface area contributed by atoms with E-state index in [0.717, 1.165) is 0 Å². The van der Waals surface area contributed by atoms with Crippen molar-refractivity contribution in [3.63, 3.8) is 0 Å². The van der Waals surface area contributed by atoms with E-state index in [2.05, 4.69) is 4.52 Å². The van der Waals surface area contributed by atoms with Crippen LogP contribution < -0.4 is 5.63 Å². The van der Waals surface area contributed by atoms with E-state index in [1.807, 2.05) is 0 Å². The lowest BCUT2D eigenvalue weighted by molar-refractivity contribution is -0.00101. The van der Waals surface area contributed by atoms with E-state index >= 15 is 0 Å². The van der Waals surface area contributed by atoms with E-state index < -0.39 is 29.1 Å². The monoisotopic (exact) mass is 215 g/mol. The molecule has 0 aromatic carbocycles. The fourth-order valence-electron chi connectivity index (χ4n) is 0.674. The van der Waals surface area contributed by atoms with Gasteiger partial charge in [-0.05, 0) is 0 Å². The van der Waals surface area contributed by atoms with Crippen LogP contribution in [0.4, 0.5) is 22.0 Å². The van der Waals surface area contributed by atoms with Crippen LogP contribution in [0.25, 0.3) is 0 Å². The van der Waals surface area contributed by atoms with Gasteiger partial charge in [-0.3, -0.25) is 0 Å². The van der Waals surface area contributed by atoms with E-state index in [0.29, 0.717) is 0 Å². The van der Waals surface area contributed by atoms with Crippen molar-refractivity contribution in [2.75, 3.05) is 0 Å². The van der Waals surface area contributed by atoms with E-state index in [9.17, 15) is 26.7 Å². The summed E-state index contributed by atoms with van der Waals surface area (Å²) in [6.45, 7) is 0. The van der Waals surface area contributed by atoms with Crippen LogP contribution in [-0.4, -0.2) is 5.16 Å². The first-order valence-electron chi connectivity index (χ1n) is 3.13. The van der Waals surface area contributed by atoms with Crippen LogP contribution in [0.2, 0.25) is 0 Å². The zero-order valence-corrected chi connectivity index (χ0v) is 6.28. The van der Waals surface area contributed by atoms with E-state index in [4.69, 9.17) is 0 Å². The fraction of sp³-hybridized carbons (Fsp3) is 0.167. The number of aromatic nitrogens is 1. The standard InChI is InChI=1S/C6H2F5NO2/c7-4(5(8)9)6(10,11)2-1-3(13)14-12-2/h1,12H. The van der Waals surface area contributed by atoms with Gasteiger partial charge >= 0.3 is 17.6 Å². The quantitative estimate of drug-likeness (QED) is 0.768. The van der Waals surface area contributed by atoms with Gasteiger partial charge in [-0.1, -0.05) is 0 Å². The highest BCUT2D eigenvalue weighted by Crippen LogP contribution is 2.37. The molecule has 0 fully saturated rings. The average molecular weight is 215 g/mol. The molecule has 3 nitrogen and oxygen atoms in total. The molecule has 78 valence electrons. The van der Waals surface area contributed by atoms with Gasteiger partial charge in [0.2, 0.25) is 5.83 Å². The van der Waals surface area contributed by atoms with Crippen LogP contribution in [0.1, 0.15) is 5.69 Å². The lowest BCUT2D eigenvalue weighted by Gasteiger charge is -2.09. The van der Waals surface area contributed by atoms with Gasteiger partial charge in [0.1, 0.15) is 5.69 Å². The van der Waals surface area contributed by atoms with Gasteiger partial charge in [0, 0.05) is 0 Å². The normalized spacial score (nSPS) is 11.5. The summed E-state index contributed by atoms with van der Waals surface area (Å²) in [4.78, 5) is 10.3. The molecule has 0 radical (unpaired) electrons. The van der Waals surface area contributed by atoms with Crippen molar-refractivity contribution in [3.05, 3.63) is 34.1 Å². The zero-order valence-electron chi connectivity index (χ0n) is 6.28. The predicted octanol–water partition coefficient (Wildman–Crippen LogP) is 2.14. The molecule has 0 aliphatic carbocycles. The summed E-state index contributed by atoms with van der Waals surface area (Å²) in [5.74, 6) is -7.51. The molecule has 1 aromatic heterocycles. The lowest BCUT2D eigenvalue weighted by atomic mass is 10.2. The summed E-state index contributed by atoms with van der Waals surface area (Å²) in [5.41, 5.74) is -2.58. The second-order valence-corrected chi connectivity index (χ2v) is 2.23. The Bertz CT molecular complexity index is 414. The molecule has 0 aliphatic heterocycles. The van der Waals surface area contributed by atoms with Gasteiger partial charge in [-0.2, -0.15) is 22.0 Å². The van der Waals surface area contributed by atoms with Crippen molar-refractivity contribution in [3.8, 4) is 0 Å². The minimum atomic E-state index is -4.59. The number of rotatable bonds is 2. The molecule has 0 saturated carbocycles. The molecule has 0 unspecified atom stereocenters. The Kier molecular flexibility index (Phi) is 2.45. The molecule has 0 aliphatic rings. The summed E-state index contributed by atoms with van der Waals surface area (Å²) < 4.78 is 64.4. The third-order valence-corrected chi connectivity index (χ3v) is 1.30. The minimum Gasteiger partial charge on any atom is -0.339 e. The molecule has 14 heavy (non-hydrogen) atoms. The predicted molar refractivity (Wildman–Crippen MR) is 33.6 cm³/mol. The molecule has 0 spiro atoms. The number of hydrogen-bond acceptors (Lipinski definition) is 2. The third-order valence-electron chi connectivity index (χ3n) is 1.30. The molecule has 0 bridgehead atoms. The van der Waals surface area contributed by atoms with Crippen molar-refractivity contribution < 1.29 is 26.5 Å². The van der Waals surface area contributed by atoms with Crippen LogP contribution in [0, 0.1) is 0 Å². The Morgan fingerprint density at radius 2 is 1.93 bits per heavy atom. The smallest absolute Gasteiger partial charge is 0.339 e. The molecular weight excluding hydrogens is 213 g/mol. The van der Waals surface area contributed by atoms with Crippen molar-refractivity contribution in [2.24, 2.45) is 0 Å². The summed E-state index contributed by atoms with van der Waals surface area (Å²) in [7, 11) is 0. The molecular formula is C6H2F5NO2. The summed E-state index contributed by atoms with van der Waals surface area (Å²) >= 11 is 0. The van der Waals surface area contributed by atoms with Crippen LogP contribution in [0.3, 0.4) is 0 Å². The second kappa shape index (κ2) is 3.28. The Morgan fingerprint density at radius 3 is 2.29 bits per heavy atom. The molecule has 0 saturated heterocycles. The zero-order chi connectivity index (χ0) is 10.9. The van der Waals surface area contributed by atoms with Crippen LogP contribution in [0.15, 0.2) is 27.3 Å². The molecule has 1 N–H and O–H groups in total. The third kappa shape index (κ3) is 1.68. The molecule has 0 atom stereocenters. The number of alkyl halides is 2. The summed E-state index contributed by atoms with van der Waals surface area (Å²) in [6.07, 6.45) is -3.16.